The van der Waals surface area contributed by atoms with E-state index in [1.807, 2.05) is 60.7 Å². The Bertz CT molecular complexity index is 1120. The number of hydrogen-bond acceptors (Lipinski definition) is 3. The minimum atomic E-state index is -0.297. The van der Waals surface area contributed by atoms with Crippen LogP contribution in [0.4, 0.5) is 5.69 Å². The van der Waals surface area contributed by atoms with Crippen molar-refractivity contribution in [2.75, 3.05) is 5.32 Å². The van der Waals surface area contributed by atoms with Crippen LogP contribution in [-0.2, 0) is 6.54 Å². The molecule has 5 nitrogen and oxygen atoms in total. The molecule has 1 amide bonds. The lowest BCUT2D eigenvalue weighted by Crippen LogP contribution is -2.13. The number of para-hydroxylation sites is 1. The third-order valence-corrected chi connectivity index (χ3v) is 4.70. The Morgan fingerprint density at radius 1 is 1.11 bits per heavy atom. The van der Waals surface area contributed by atoms with Crippen molar-refractivity contribution in [1.82, 2.24) is 14.8 Å². The van der Waals surface area contributed by atoms with Crippen molar-refractivity contribution in [1.29, 1.82) is 0 Å². The van der Waals surface area contributed by atoms with Gasteiger partial charge in [-0.3, -0.25) is 9.78 Å². The summed E-state index contributed by atoms with van der Waals surface area (Å²) in [5.41, 5.74) is 3.51. The molecule has 0 unspecified atom stereocenters. The van der Waals surface area contributed by atoms with Gasteiger partial charge in [0.2, 0.25) is 0 Å². The zero-order chi connectivity index (χ0) is 18.8. The van der Waals surface area contributed by atoms with E-state index in [-0.39, 0.29) is 5.91 Å². The predicted octanol–water partition coefficient (Wildman–Crippen LogP) is 4.69. The second-order valence-corrected chi connectivity index (χ2v) is 6.62. The summed E-state index contributed by atoms with van der Waals surface area (Å²) < 4.78 is 1.64. The number of pyridine rings is 1. The first-order valence-corrected chi connectivity index (χ1v) is 8.92. The standard InChI is InChI=1S/C21H17ClN4O/c1-14-19(20(22)26(25-14)13-15-7-3-2-4-8-15)21(27)24-17-11-16-9-5-6-10-18(16)23-12-17/h2-12H,13H2,1H3,(H,24,27). The van der Waals surface area contributed by atoms with Gasteiger partial charge in [-0.15, -0.1) is 0 Å². The number of aromatic nitrogens is 3. The van der Waals surface area contributed by atoms with E-state index < -0.39 is 0 Å². The molecular weight excluding hydrogens is 360 g/mol. The van der Waals surface area contributed by atoms with Gasteiger partial charge in [-0.2, -0.15) is 5.10 Å². The van der Waals surface area contributed by atoms with Gasteiger partial charge in [0.05, 0.1) is 35.2 Å². The molecule has 0 radical (unpaired) electrons. The van der Waals surface area contributed by atoms with Crippen molar-refractivity contribution in [3.05, 3.63) is 88.8 Å². The van der Waals surface area contributed by atoms with E-state index in [4.69, 9.17) is 11.6 Å². The average Bonchev–Trinajstić information content (AvgIpc) is 2.95. The van der Waals surface area contributed by atoms with Gasteiger partial charge in [-0.1, -0.05) is 60.1 Å². The SMILES string of the molecule is Cc1nn(Cc2ccccc2)c(Cl)c1C(=O)Nc1cnc2ccccc2c1. The summed E-state index contributed by atoms with van der Waals surface area (Å²) in [6.07, 6.45) is 1.64. The maximum Gasteiger partial charge on any atom is 0.260 e. The van der Waals surface area contributed by atoms with Gasteiger partial charge in [-0.25, -0.2) is 4.68 Å². The Morgan fingerprint density at radius 2 is 1.85 bits per heavy atom. The average molecular weight is 377 g/mol. The highest BCUT2D eigenvalue weighted by Crippen LogP contribution is 2.23. The molecule has 134 valence electrons. The molecule has 2 aromatic carbocycles. The molecule has 0 aliphatic heterocycles. The number of benzene rings is 2. The highest BCUT2D eigenvalue weighted by atomic mass is 35.5. The molecular formula is C21H17ClN4O. The van der Waals surface area contributed by atoms with Crippen LogP contribution in [0, 0.1) is 6.92 Å². The van der Waals surface area contributed by atoms with E-state index >= 15 is 0 Å². The zero-order valence-corrected chi connectivity index (χ0v) is 15.4. The van der Waals surface area contributed by atoms with Crippen LogP contribution in [-0.4, -0.2) is 20.7 Å². The quantitative estimate of drug-likeness (QED) is 0.562. The number of anilines is 1. The van der Waals surface area contributed by atoms with E-state index in [1.165, 1.54) is 0 Å². The molecule has 0 saturated carbocycles. The summed E-state index contributed by atoms with van der Waals surface area (Å²) in [4.78, 5) is 17.1. The highest BCUT2D eigenvalue weighted by molar-refractivity contribution is 6.33. The van der Waals surface area contributed by atoms with Crippen LogP contribution >= 0.6 is 11.6 Å². The van der Waals surface area contributed by atoms with Crippen LogP contribution in [0.3, 0.4) is 0 Å². The first-order chi connectivity index (χ1) is 13.1. The van der Waals surface area contributed by atoms with E-state index in [0.29, 0.717) is 28.6 Å². The van der Waals surface area contributed by atoms with Crippen LogP contribution < -0.4 is 5.32 Å². The fraction of sp³-hybridized carbons (Fsp3) is 0.0952. The van der Waals surface area contributed by atoms with Gasteiger partial charge in [0.15, 0.2) is 0 Å². The van der Waals surface area contributed by atoms with Crippen molar-refractivity contribution in [2.24, 2.45) is 0 Å². The molecule has 0 spiro atoms. The molecule has 0 bridgehead atoms. The molecule has 4 rings (SSSR count). The van der Waals surface area contributed by atoms with Gasteiger partial charge in [0.1, 0.15) is 5.15 Å². The van der Waals surface area contributed by atoms with Crippen LogP contribution in [0.5, 0.6) is 0 Å². The van der Waals surface area contributed by atoms with Crippen molar-refractivity contribution >= 4 is 34.1 Å². The van der Waals surface area contributed by atoms with Gasteiger partial charge in [-0.05, 0) is 24.6 Å². The van der Waals surface area contributed by atoms with E-state index in [1.54, 1.807) is 17.8 Å². The number of carbonyl (C=O) groups excluding carboxylic acids is 1. The van der Waals surface area contributed by atoms with Crippen molar-refractivity contribution < 1.29 is 4.79 Å². The predicted molar refractivity (Wildman–Crippen MR) is 107 cm³/mol. The van der Waals surface area contributed by atoms with Gasteiger partial charge < -0.3 is 5.32 Å². The Kier molecular flexibility index (Phi) is 4.60. The summed E-state index contributed by atoms with van der Waals surface area (Å²) in [5, 5.41) is 8.57. The number of fused-ring (bicyclic) bond motifs is 1. The second-order valence-electron chi connectivity index (χ2n) is 6.27. The van der Waals surface area contributed by atoms with E-state index in [9.17, 15) is 4.79 Å². The summed E-state index contributed by atoms with van der Waals surface area (Å²) in [6.45, 7) is 2.28. The summed E-state index contributed by atoms with van der Waals surface area (Å²) in [5.74, 6) is -0.297. The van der Waals surface area contributed by atoms with Crippen LogP contribution in [0.15, 0.2) is 66.9 Å². The van der Waals surface area contributed by atoms with Gasteiger partial charge in [0, 0.05) is 5.39 Å². The van der Waals surface area contributed by atoms with Crippen molar-refractivity contribution in [3.8, 4) is 0 Å². The number of rotatable bonds is 4. The minimum absolute atomic E-state index is 0.297. The maximum absolute atomic E-state index is 12.8. The lowest BCUT2D eigenvalue weighted by Gasteiger charge is -2.07. The molecule has 0 aliphatic rings. The fourth-order valence-corrected chi connectivity index (χ4v) is 3.33. The lowest BCUT2D eigenvalue weighted by molar-refractivity contribution is 0.102. The Labute approximate surface area is 161 Å². The molecule has 0 fully saturated rings. The topological polar surface area (TPSA) is 59.8 Å². The summed E-state index contributed by atoms with van der Waals surface area (Å²) >= 11 is 6.46. The molecule has 0 saturated heterocycles. The molecule has 2 heterocycles. The Hall–Kier alpha value is -3.18. The number of nitrogens with zero attached hydrogens (tertiary/aromatic N) is 3. The van der Waals surface area contributed by atoms with Crippen LogP contribution in [0.2, 0.25) is 5.15 Å². The molecule has 0 aliphatic carbocycles. The molecule has 0 atom stereocenters. The first-order valence-electron chi connectivity index (χ1n) is 8.55. The normalized spacial score (nSPS) is 10.9. The van der Waals surface area contributed by atoms with Crippen molar-refractivity contribution in [2.45, 2.75) is 13.5 Å². The number of halogens is 1. The second kappa shape index (κ2) is 7.21. The molecule has 4 aromatic rings. The van der Waals surface area contributed by atoms with Gasteiger partial charge in [0.25, 0.3) is 5.91 Å². The number of carbonyl (C=O) groups is 1. The largest absolute Gasteiger partial charge is 0.320 e. The molecule has 27 heavy (non-hydrogen) atoms. The minimum Gasteiger partial charge on any atom is -0.320 e. The number of amides is 1. The fourth-order valence-electron chi connectivity index (χ4n) is 3.01. The summed E-state index contributed by atoms with van der Waals surface area (Å²) in [7, 11) is 0. The van der Waals surface area contributed by atoms with E-state index in [0.717, 1.165) is 16.5 Å². The maximum atomic E-state index is 12.8. The lowest BCUT2D eigenvalue weighted by atomic mass is 10.2. The van der Waals surface area contributed by atoms with Crippen LogP contribution in [0.1, 0.15) is 21.6 Å². The highest BCUT2D eigenvalue weighted by Gasteiger charge is 2.20. The number of hydrogen-bond donors (Lipinski definition) is 1. The number of aryl methyl sites for hydroxylation is 1. The van der Waals surface area contributed by atoms with Crippen molar-refractivity contribution in [3.63, 3.8) is 0 Å². The smallest absolute Gasteiger partial charge is 0.260 e. The molecule has 2 aromatic heterocycles. The third-order valence-electron chi connectivity index (χ3n) is 4.32. The van der Waals surface area contributed by atoms with Crippen LogP contribution in [0.25, 0.3) is 10.9 Å². The molecule has 1 N–H and O–H groups in total. The zero-order valence-electron chi connectivity index (χ0n) is 14.7. The van der Waals surface area contributed by atoms with E-state index in [2.05, 4.69) is 15.4 Å². The Balaban J connectivity index is 1.59. The summed E-state index contributed by atoms with van der Waals surface area (Å²) in [6, 6.07) is 19.5. The number of nitrogens with one attached hydrogen (secondary N) is 1. The van der Waals surface area contributed by atoms with Gasteiger partial charge >= 0.3 is 0 Å². The Morgan fingerprint density at radius 3 is 2.67 bits per heavy atom. The third kappa shape index (κ3) is 3.55. The molecule has 6 heteroatoms. The monoisotopic (exact) mass is 376 g/mol. The first kappa shape index (κ1) is 17.2.